The molecule has 5 fully saturated rings. The van der Waals surface area contributed by atoms with E-state index in [9.17, 15) is 9.90 Å². The van der Waals surface area contributed by atoms with Crippen molar-refractivity contribution in [3.8, 4) is 0 Å². The molecule has 0 aromatic carbocycles. The van der Waals surface area contributed by atoms with Gasteiger partial charge in [-0.3, -0.25) is 4.79 Å². The lowest BCUT2D eigenvalue weighted by Gasteiger charge is -2.57. The molecule has 5 aliphatic rings. The zero-order chi connectivity index (χ0) is 22.0. The molecule has 0 amide bonds. The summed E-state index contributed by atoms with van der Waals surface area (Å²) >= 11 is 7.17. The third-order valence-electron chi connectivity index (χ3n) is 11.4. The lowest BCUT2D eigenvalue weighted by atomic mass is 9.49. The van der Waals surface area contributed by atoms with Gasteiger partial charge in [0.2, 0.25) is 0 Å². The molecule has 2 spiro atoms. The second kappa shape index (κ2) is 6.15. The summed E-state index contributed by atoms with van der Waals surface area (Å²) in [6.07, 6.45) is 8.56. The van der Waals surface area contributed by atoms with E-state index in [4.69, 9.17) is 16.0 Å². The standard InChI is InChI=1S/C25H41ClO3Si/c1-21(2,3)30(5,6)29-19-8-7-17-18-10-11-23(28)15-16(27)9-12-25(23)20(26)24(18,25)14-13-22(17,19)4/h17-20,28H,7-15H2,1-6H3/t17-,18-,19-,20-,22-,23+,24-,25-/m0/s1. The van der Waals surface area contributed by atoms with Crippen LogP contribution < -0.4 is 0 Å². The molecular formula is C25H41ClO3Si. The normalized spacial score (nSPS) is 52.9. The number of halogens is 1. The number of hydrogen-bond donors (Lipinski definition) is 1. The smallest absolute Gasteiger partial charge is 0.192 e. The van der Waals surface area contributed by atoms with E-state index in [-0.39, 0.29) is 32.4 Å². The van der Waals surface area contributed by atoms with Crippen molar-refractivity contribution in [1.29, 1.82) is 0 Å². The van der Waals surface area contributed by atoms with Crippen LogP contribution in [0.15, 0.2) is 0 Å². The minimum Gasteiger partial charge on any atom is -0.413 e. The van der Waals surface area contributed by atoms with E-state index < -0.39 is 13.9 Å². The average Bonchev–Trinajstić information content (AvgIpc) is 3.00. The number of Topliss-reactive ketones (excluding diaryl/α,β-unsaturated/α-hetero) is 1. The minimum absolute atomic E-state index is 0.0421. The number of alkyl halides is 1. The molecule has 0 saturated heterocycles. The van der Waals surface area contributed by atoms with Crippen LogP contribution in [0.25, 0.3) is 0 Å². The van der Waals surface area contributed by atoms with E-state index in [1.807, 2.05) is 0 Å². The van der Waals surface area contributed by atoms with Crippen LogP contribution in [0.3, 0.4) is 0 Å². The van der Waals surface area contributed by atoms with Crippen molar-refractivity contribution in [1.82, 2.24) is 0 Å². The summed E-state index contributed by atoms with van der Waals surface area (Å²) in [5.41, 5.74) is -0.781. The summed E-state index contributed by atoms with van der Waals surface area (Å²) in [4.78, 5) is 12.2. The Labute approximate surface area is 188 Å². The first-order valence-corrected chi connectivity index (χ1v) is 15.7. The quantitative estimate of drug-likeness (QED) is 0.408. The summed E-state index contributed by atoms with van der Waals surface area (Å²) in [6, 6.07) is 0. The predicted octanol–water partition coefficient (Wildman–Crippen LogP) is 6.07. The number of carbonyl (C=O) groups excluding carboxylic acids is 1. The molecule has 0 aliphatic heterocycles. The van der Waals surface area contributed by atoms with Gasteiger partial charge in [0.15, 0.2) is 8.32 Å². The molecule has 1 N–H and O–H groups in total. The van der Waals surface area contributed by atoms with Gasteiger partial charge in [-0.2, -0.15) is 0 Å². The molecule has 170 valence electrons. The van der Waals surface area contributed by atoms with E-state index in [2.05, 4.69) is 40.8 Å². The first-order chi connectivity index (χ1) is 13.8. The largest absolute Gasteiger partial charge is 0.413 e. The predicted molar refractivity (Wildman–Crippen MR) is 123 cm³/mol. The Morgan fingerprint density at radius 2 is 1.77 bits per heavy atom. The molecule has 30 heavy (non-hydrogen) atoms. The van der Waals surface area contributed by atoms with Crippen LogP contribution >= 0.6 is 11.6 Å². The summed E-state index contributed by atoms with van der Waals surface area (Å²) in [5, 5.41) is 11.9. The summed E-state index contributed by atoms with van der Waals surface area (Å²) in [6.45, 7) is 14.3. The maximum atomic E-state index is 12.2. The number of hydrogen-bond acceptors (Lipinski definition) is 3. The molecule has 0 heterocycles. The number of fused-ring (bicyclic) bond motifs is 2. The number of carbonyl (C=O) groups is 1. The van der Waals surface area contributed by atoms with Crippen molar-refractivity contribution in [2.75, 3.05) is 0 Å². The molecule has 8 atom stereocenters. The molecule has 3 nitrogen and oxygen atoms in total. The van der Waals surface area contributed by atoms with Crippen LogP contribution in [0, 0.1) is 28.1 Å². The van der Waals surface area contributed by atoms with Crippen LogP contribution in [0.2, 0.25) is 18.1 Å². The monoisotopic (exact) mass is 452 g/mol. The summed E-state index contributed by atoms with van der Waals surface area (Å²) < 4.78 is 7.04. The van der Waals surface area contributed by atoms with Crippen molar-refractivity contribution in [2.45, 2.75) is 121 Å². The zero-order valence-electron chi connectivity index (χ0n) is 19.8. The maximum Gasteiger partial charge on any atom is 0.192 e. The van der Waals surface area contributed by atoms with Crippen molar-refractivity contribution >= 4 is 25.7 Å². The highest BCUT2D eigenvalue weighted by Crippen LogP contribution is 2.87. The third-order valence-corrected chi connectivity index (χ3v) is 16.7. The Morgan fingerprint density at radius 3 is 2.43 bits per heavy atom. The number of ketones is 1. The fraction of sp³-hybridized carbons (Fsp3) is 0.960. The lowest BCUT2D eigenvalue weighted by Crippen LogP contribution is -2.57. The Hall–Kier alpha value is 0.0969. The zero-order valence-corrected chi connectivity index (χ0v) is 21.6. The second-order valence-corrected chi connectivity index (χ2v) is 18.5. The third kappa shape index (κ3) is 2.38. The summed E-state index contributed by atoms with van der Waals surface area (Å²) in [5.74, 6) is 1.46. The first-order valence-electron chi connectivity index (χ1n) is 12.3. The van der Waals surface area contributed by atoms with Crippen LogP contribution in [0.5, 0.6) is 0 Å². The van der Waals surface area contributed by atoms with Gasteiger partial charge in [-0.1, -0.05) is 27.7 Å². The molecule has 5 rings (SSSR count). The van der Waals surface area contributed by atoms with E-state index >= 15 is 0 Å². The molecule has 0 aromatic rings. The summed E-state index contributed by atoms with van der Waals surface area (Å²) in [7, 11) is -1.81. The van der Waals surface area contributed by atoms with Crippen molar-refractivity contribution in [2.24, 2.45) is 28.1 Å². The van der Waals surface area contributed by atoms with Gasteiger partial charge in [0.1, 0.15) is 5.78 Å². The molecule has 0 bridgehead atoms. The van der Waals surface area contributed by atoms with E-state index in [0.29, 0.717) is 30.8 Å². The molecule has 0 aromatic heterocycles. The van der Waals surface area contributed by atoms with E-state index in [1.165, 1.54) is 12.8 Å². The van der Waals surface area contributed by atoms with E-state index in [1.54, 1.807) is 0 Å². The van der Waals surface area contributed by atoms with Crippen molar-refractivity contribution in [3.05, 3.63) is 0 Å². The molecular weight excluding hydrogens is 412 g/mol. The van der Waals surface area contributed by atoms with Gasteiger partial charge in [-0.15, -0.1) is 11.6 Å². The highest BCUT2D eigenvalue weighted by Gasteiger charge is 2.88. The Kier molecular flexibility index (Phi) is 4.50. The Balaban J connectivity index is 1.45. The van der Waals surface area contributed by atoms with Crippen LogP contribution in [0.1, 0.15) is 85.5 Å². The van der Waals surface area contributed by atoms with Gasteiger partial charge >= 0.3 is 0 Å². The van der Waals surface area contributed by atoms with Gasteiger partial charge in [-0.25, -0.2) is 0 Å². The van der Waals surface area contributed by atoms with Crippen LogP contribution in [-0.4, -0.2) is 36.3 Å². The average molecular weight is 453 g/mol. The fourth-order valence-electron chi connectivity index (χ4n) is 8.76. The molecule has 0 radical (unpaired) electrons. The fourth-order valence-corrected chi connectivity index (χ4v) is 11.1. The SMILES string of the molecule is CC(C)(C)[Si](C)(C)O[C@H]1CC[C@H]2[C@@H]3CC[C@@]4(O)CC(=O)CC[C@]45[C@@H](Cl)[C@]35CC[C@]12C. The topological polar surface area (TPSA) is 46.5 Å². The van der Waals surface area contributed by atoms with Gasteiger partial charge < -0.3 is 9.53 Å². The lowest BCUT2D eigenvalue weighted by molar-refractivity contribution is -0.164. The first kappa shape index (κ1) is 21.9. The van der Waals surface area contributed by atoms with Crippen molar-refractivity contribution in [3.63, 3.8) is 0 Å². The van der Waals surface area contributed by atoms with Gasteiger partial charge in [-0.05, 0) is 80.3 Å². The second-order valence-electron chi connectivity index (χ2n) is 13.3. The Morgan fingerprint density at radius 1 is 1.07 bits per heavy atom. The highest BCUT2D eigenvalue weighted by molar-refractivity contribution is 6.74. The van der Waals surface area contributed by atoms with Crippen LogP contribution in [-0.2, 0) is 9.22 Å². The van der Waals surface area contributed by atoms with Crippen LogP contribution in [0.4, 0.5) is 0 Å². The number of rotatable bonds is 2. The van der Waals surface area contributed by atoms with Gasteiger partial charge in [0.25, 0.3) is 0 Å². The minimum atomic E-state index is -1.81. The number of aliphatic hydroxyl groups is 1. The molecule has 5 saturated carbocycles. The molecule has 0 unspecified atom stereocenters. The maximum absolute atomic E-state index is 12.2. The van der Waals surface area contributed by atoms with Crippen molar-refractivity contribution < 1.29 is 14.3 Å². The van der Waals surface area contributed by atoms with E-state index in [0.717, 1.165) is 32.1 Å². The Bertz CT molecular complexity index is 777. The molecule has 5 heteroatoms. The molecule has 5 aliphatic carbocycles. The van der Waals surface area contributed by atoms with Gasteiger partial charge in [0.05, 0.1) is 11.7 Å². The van der Waals surface area contributed by atoms with Gasteiger partial charge in [0, 0.05) is 29.0 Å². The highest BCUT2D eigenvalue weighted by atomic mass is 35.5.